The second kappa shape index (κ2) is 11.0. The maximum absolute atomic E-state index is 13.0. The van der Waals surface area contributed by atoms with Crippen LogP contribution in [-0.4, -0.2) is 35.0 Å². The average molecular weight is 544 g/mol. The van der Waals surface area contributed by atoms with Gasteiger partial charge in [0.2, 0.25) is 5.13 Å². The fraction of sp³-hybridized carbons (Fsp3) is 0.375. The van der Waals surface area contributed by atoms with Crippen LogP contribution in [0.1, 0.15) is 35.4 Å². The van der Waals surface area contributed by atoms with Gasteiger partial charge in [-0.1, -0.05) is 30.3 Å². The van der Waals surface area contributed by atoms with Crippen LogP contribution in [0.3, 0.4) is 0 Å². The van der Waals surface area contributed by atoms with E-state index in [1.165, 1.54) is 11.5 Å². The molecule has 0 radical (unpaired) electrons. The predicted octanol–water partition coefficient (Wildman–Crippen LogP) is 6.20. The number of benzene rings is 2. The van der Waals surface area contributed by atoms with Crippen LogP contribution in [0, 0.1) is 5.92 Å². The number of amides is 2. The number of anilines is 2. The van der Waals surface area contributed by atoms with Crippen LogP contribution in [0.5, 0.6) is 0 Å². The molecule has 0 bridgehead atoms. The fourth-order valence-corrected chi connectivity index (χ4v) is 4.73. The Bertz CT molecular complexity index is 1170. The van der Waals surface area contributed by atoms with E-state index >= 15 is 0 Å². The zero-order valence-corrected chi connectivity index (χ0v) is 20.2. The molecule has 0 saturated carbocycles. The second-order valence-electron chi connectivity index (χ2n) is 8.72. The minimum Gasteiger partial charge on any atom is -0.347 e. The lowest BCUT2D eigenvalue weighted by Crippen LogP contribution is -2.39. The van der Waals surface area contributed by atoms with E-state index in [4.69, 9.17) is 0 Å². The van der Waals surface area contributed by atoms with Gasteiger partial charge in [0.05, 0.1) is 11.1 Å². The monoisotopic (exact) mass is 543 g/mol. The van der Waals surface area contributed by atoms with Crippen molar-refractivity contribution in [2.45, 2.75) is 31.6 Å². The molecule has 1 aliphatic rings. The van der Waals surface area contributed by atoms with Crippen molar-refractivity contribution >= 4 is 28.4 Å². The molecule has 3 aromatic rings. The van der Waals surface area contributed by atoms with Gasteiger partial charge >= 0.3 is 18.4 Å². The van der Waals surface area contributed by atoms with Gasteiger partial charge < -0.3 is 15.5 Å². The van der Waals surface area contributed by atoms with Crippen LogP contribution in [0.4, 0.5) is 42.0 Å². The van der Waals surface area contributed by atoms with Crippen LogP contribution >= 0.6 is 11.5 Å². The Morgan fingerprint density at radius 3 is 2.19 bits per heavy atom. The molecular formula is C24H23F6N5OS. The van der Waals surface area contributed by atoms with Gasteiger partial charge in [-0.25, -0.2) is 9.78 Å². The lowest BCUT2D eigenvalue weighted by molar-refractivity contribution is -0.143. The summed E-state index contributed by atoms with van der Waals surface area (Å²) in [5, 5.41) is 5.45. The molecule has 0 unspecified atom stereocenters. The molecule has 13 heteroatoms. The van der Waals surface area contributed by atoms with Crippen molar-refractivity contribution in [2.24, 2.45) is 5.92 Å². The van der Waals surface area contributed by atoms with Crippen molar-refractivity contribution in [1.82, 2.24) is 14.7 Å². The van der Waals surface area contributed by atoms with Crippen LogP contribution in [-0.2, 0) is 18.8 Å². The number of carbonyl (C=O) groups excluding carboxylic acids is 1. The lowest BCUT2D eigenvalue weighted by atomic mass is 9.97. The molecule has 0 atom stereocenters. The van der Waals surface area contributed by atoms with E-state index in [-0.39, 0.29) is 18.5 Å². The summed E-state index contributed by atoms with van der Waals surface area (Å²) in [5.41, 5.74) is -2.45. The van der Waals surface area contributed by atoms with Gasteiger partial charge in [-0.3, -0.25) is 0 Å². The van der Waals surface area contributed by atoms with Crippen LogP contribution in [0.15, 0.2) is 48.5 Å². The van der Waals surface area contributed by atoms with Crippen molar-refractivity contribution in [3.8, 4) is 0 Å². The number of hydrogen-bond acceptors (Lipinski definition) is 5. The lowest BCUT2D eigenvalue weighted by Gasteiger charge is -2.31. The number of nitrogens with zero attached hydrogens (tertiary/aromatic N) is 3. The summed E-state index contributed by atoms with van der Waals surface area (Å²) in [7, 11) is 0. The maximum Gasteiger partial charge on any atom is 0.416 e. The molecule has 1 aromatic heterocycles. The molecule has 2 amide bonds. The Morgan fingerprint density at radius 2 is 1.59 bits per heavy atom. The quantitative estimate of drug-likeness (QED) is 0.363. The Morgan fingerprint density at radius 1 is 0.973 bits per heavy atom. The number of carbonyl (C=O) groups is 1. The van der Waals surface area contributed by atoms with Gasteiger partial charge in [0.1, 0.15) is 5.82 Å². The van der Waals surface area contributed by atoms with E-state index in [0.717, 1.165) is 29.4 Å². The highest BCUT2D eigenvalue weighted by Crippen LogP contribution is 2.37. The van der Waals surface area contributed by atoms with Crippen molar-refractivity contribution in [1.29, 1.82) is 0 Å². The Balaban J connectivity index is 1.27. The number of halogens is 6. The zero-order valence-electron chi connectivity index (χ0n) is 19.4. The SMILES string of the molecule is O=C(NCC1CCN(c2nc(Cc3ccccc3)ns2)CC1)Nc1cc(C(F)(F)F)cc(C(F)(F)F)c1. The predicted molar refractivity (Wildman–Crippen MR) is 128 cm³/mol. The largest absolute Gasteiger partial charge is 0.416 e. The smallest absolute Gasteiger partial charge is 0.347 e. The first-order chi connectivity index (χ1) is 17.5. The molecule has 0 aliphatic carbocycles. The summed E-state index contributed by atoms with van der Waals surface area (Å²) in [6.07, 6.45) is -7.87. The van der Waals surface area contributed by atoms with E-state index in [1.54, 1.807) is 0 Å². The number of alkyl halides is 6. The second-order valence-corrected chi connectivity index (χ2v) is 9.45. The summed E-state index contributed by atoms with van der Waals surface area (Å²) in [6, 6.07) is 9.98. The molecule has 198 valence electrons. The minimum atomic E-state index is -4.99. The molecule has 2 heterocycles. The third-order valence-electron chi connectivity index (χ3n) is 5.94. The molecule has 4 rings (SSSR count). The fourth-order valence-electron chi connectivity index (χ4n) is 3.99. The topological polar surface area (TPSA) is 70.2 Å². The number of piperidine rings is 1. The third kappa shape index (κ3) is 7.34. The Kier molecular flexibility index (Phi) is 7.90. The summed E-state index contributed by atoms with van der Waals surface area (Å²) in [6.45, 7) is 1.62. The van der Waals surface area contributed by atoms with Crippen LogP contribution in [0.2, 0.25) is 0 Å². The van der Waals surface area contributed by atoms with Crippen molar-refractivity contribution in [2.75, 3.05) is 29.9 Å². The highest BCUT2D eigenvalue weighted by molar-refractivity contribution is 7.09. The minimum absolute atomic E-state index is 0.0134. The Labute approximate surface area is 212 Å². The van der Waals surface area contributed by atoms with Gasteiger partial charge in [0, 0.05) is 43.3 Å². The highest BCUT2D eigenvalue weighted by Gasteiger charge is 2.37. The number of urea groups is 1. The van der Waals surface area contributed by atoms with Crippen molar-refractivity contribution in [3.05, 3.63) is 71.0 Å². The molecule has 37 heavy (non-hydrogen) atoms. The molecule has 1 fully saturated rings. The molecule has 2 N–H and O–H groups in total. The molecule has 0 spiro atoms. The van der Waals surface area contributed by atoms with Gasteiger partial charge in [0.15, 0.2) is 0 Å². The normalized spacial score (nSPS) is 15.0. The average Bonchev–Trinajstić information content (AvgIpc) is 3.31. The van der Waals surface area contributed by atoms with E-state index < -0.39 is 35.2 Å². The number of rotatable bonds is 6. The van der Waals surface area contributed by atoms with Gasteiger partial charge in [-0.2, -0.15) is 30.7 Å². The number of nitrogens with one attached hydrogen (secondary N) is 2. The molecule has 6 nitrogen and oxygen atoms in total. The molecule has 2 aromatic carbocycles. The summed E-state index contributed by atoms with van der Waals surface area (Å²) >= 11 is 1.33. The third-order valence-corrected chi connectivity index (χ3v) is 6.76. The summed E-state index contributed by atoms with van der Waals surface area (Å²) in [5.74, 6) is 0.848. The zero-order chi connectivity index (χ0) is 26.6. The molecular weight excluding hydrogens is 520 g/mol. The van der Waals surface area contributed by atoms with E-state index in [1.807, 2.05) is 30.3 Å². The van der Waals surface area contributed by atoms with E-state index in [0.29, 0.717) is 31.6 Å². The van der Waals surface area contributed by atoms with E-state index in [2.05, 4.69) is 24.9 Å². The van der Waals surface area contributed by atoms with Gasteiger partial charge in [-0.05, 0) is 42.5 Å². The summed E-state index contributed by atoms with van der Waals surface area (Å²) < 4.78 is 82.5. The van der Waals surface area contributed by atoms with Gasteiger partial charge in [0.25, 0.3) is 0 Å². The summed E-state index contributed by atoms with van der Waals surface area (Å²) in [4.78, 5) is 18.9. The molecule has 1 saturated heterocycles. The van der Waals surface area contributed by atoms with E-state index in [9.17, 15) is 31.1 Å². The standard InChI is InChI=1S/C24H23F6N5OS/c25-23(26,27)17-11-18(24(28,29)30)13-19(12-17)32-21(36)31-14-16-6-8-35(9-7-16)22-33-20(34-37-22)10-15-4-2-1-3-5-15/h1-5,11-13,16H,6-10,14H2,(H2,31,32,36). The first-order valence-corrected chi connectivity index (χ1v) is 12.2. The number of hydrogen-bond donors (Lipinski definition) is 2. The van der Waals surface area contributed by atoms with Crippen LogP contribution < -0.4 is 15.5 Å². The van der Waals surface area contributed by atoms with Gasteiger partial charge in [-0.15, -0.1) is 0 Å². The first-order valence-electron chi connectivity index (χ1n) is 11.4. The Hall–Kier alpha value is -3.35. The number of aromatic nitrogens is 2. The molecule has 1 aliphatic heterocycles. The van der Waals surface area contributed by atoms with Crippen molar-refractivity contribution in [3.63, 3.8) is 0 Å². The van der Waals surface area contributed by atoms with Crippen LogP contribution in [0.25, 0.3) is 0 Å². The maximum atomic E-state index is 13.0. The first kappa shape index (κ1) is 26.7. The highest BCUT2D eigenvalue weighted by atomic mass is 32.1. The van der Waals surface area contributed by atoms with Crippen molar-refractivity contribution < 1.29 is 31.1 Å².